The fourth-order valence-corrected chi connectivity index (χ4v) is 4.00. The minimum absolute atomic E-state index is 0.265. The lowest BCUT2D eigenvalue weighted by molar-refractivity contribution is -0.137. The number of carbonyl (C=O) groups is 1. The van der Waals surface area contributed by atoms with Gasteiger partial charge in [0.15, 0.2) is 0 Å². The maximum Gasteiger partial charge on any atom is 0.237 e. The monoisotopic (exact) mass is 296 g/mol. The summed E-state index contributed by atoms with van der Waals surface area (Å²) in [6.07, 6.45) is 6.76. The summed E-state index contributed by atoms with van der Waals surface area (Å²) in [4.78, 5) is 17.1. The summed E-state index contributed by atoms with van der Waals surface area (Å²) in [5, 5.41) is 9.78. The second-order valence-corrected chi connectivity index (χ2v) is 7.21. The molecule has 1 aliphatic heterocycles. The summed E-state index contributed by atoms with van der Waals surface area (Å²) in [6, 6.07) is 0.743. The Hall–Kier alpha value is -0.610. The zero-order chi connectivity index (χ0) is 15.4. The molecular formula is C17H32N2O2. The van der Waals surface area contributed by atoms with Crippen LogP contribution in [-0.4, -0.2) is 58.6 Å². The first-order valence-electron chi connectivity index (χ1n) is 8.70. The second kappa shape index (κ2) is 7.59. The van der Waals surface area contributed by atoms with Gasteiger partial charge >= 0.3 is 0 Å². The standard InChI is InChI=1S/C17H32N2O2/c1-13(2)19(16-8-4-5-9-16)17(21)12-18-10-6-7-15(11-18)14(3)20/h13-16,20H,4-12H2,1-3H3. The fraction of sp³-hybridized carbons (Fsp3) is 0.941. The molecular weight excluding hydrogens is 264 g/mol. The Bertz CT molecular complexity index is 338. The van der Waals surface area contributed by atoms with Crippen molar-refractivity contribution in [2.75, 3.05) is 19.6 Å². The van der Waals surface area contributed by atoms with Crippen LogP contribution in [0.1, 0.15) is 59.3 Å². The van der Waals surface area contributed by atoms with Crippen LogP contribution in [0, 0.1) is 5.92 Å². The summed E-state index contributed by atoms with van der Waals surface area (Å²) < 4.78 is 0. The van der Waals surface area contributed by atoms with Crippen molar-refractivity contribution in [3.63, 3.8) is 0 Å². The number of likely N-dealkylation sites (tertiary alicyclic amines) is 1. The SMILES string of the molecule is CC(O)C1CCCN(CC(=O)N(C(C)C)C2CCCC2)C1. The maximum absolute atomic E-state index is 12.7. The van der Waals surface area contributed by atoms with E-state index in [2.05, 4.69) is 23.6 Å². The van der Waals surface area contributed by atoms with E-state index in [4.69, 9.17) is 0 Å². The molecule has 1 amide bonds. The molecule has 0 aromatic heterocycles. The molecule has 2 aliphatic rings. The molecule has 2 fully saturated rings. The topological polar surface area (TPSA) is 43.8 Å². The first-order chi connectivity index (χ1) is 9.99. The number of amides is 1. The molecule has 2 rings (SSSR count). The number of rotatable bonds is 5. The third-order valence-electron chi connectivity index (χ3n) is 5.15. The molecule has 4 nitrogen and oxygen atoms in total. The number of hydrogen-bond donors (Lipinski definition) is 1. The van der Waals surface area contributed by atoms with Crippen LogP contribution < -0.4 is 0 Å². The van der Waals surface area contributed by atoms with Crippen LogP contribution in [0.15, 0.2) is 0 Å². The van der Waals surface area contributed by atoms with Crippen molar-refractivity contribution in [1.82, 2.24) is 9.80 Å². The van der Waals surface area contributed by atoms with Gasteiger partial charge in [-0.1, -0.05) is 12.8 Å². The summed E-state index contributed by atoms with van der Waals surface area (Å²) in [6.45, 7) is 8.51. The molecule has 2 atom stereocenters. The van der Waals surface area contributed by atoms with Crippen LogP contribution in [0.3, 0.4) is 0 Å². The van der Waals surface area contributed by atoms with Crippen LogP contribution in [0.4, 0.5) is 0 Å². The van der Waals surface area contributed by atoms with Crippen LogP contribution in [0.25, 0.3) is 0 Å². The largest absolute Gasteiger partial charge is 0.393 e. The highest BCUT2D eigenvalue weighted by atomic mass is 16.3. The Kier molecular flexibility index (Phi) is 6.06. The first-order valence-corrected chi connectivity index (χ1v) is 8.70. The zero-order valence-electron chi connectivity index (χ0n) is 13.9. The summed E-state index contributed by atoms with van der Waals surface area (Å²) in [5.74, 6) is 0.605. The van der Waals surface area contributed by atoms with Gasteiger partial charge in [-0.05, 0) is 58.9 Å². The highest BCUT2D eigenvalue weighted by molar-refractivity contribution is 5.79. The van der Waals surface area contributed by atoms with E-state index in [0.29, 0.717) is 18.5 Å². The molecule has 1 N–H and O–H groups in total. The molecule has 0 spiro atoms. The molecule has 1 heterocycles. The van der Waals surface area contributed by atoms with Gasteiger partial charge in [0.1, 0.15) is 0 Å². The molecule has 1 saturated carbocycles. The van der Waals surface area contributed by atoms with Crippen LogP contribution >= 0.6 is 0 Å². The molecule has 0 aromatic carbocycles. The van der Waals surface area contributed by atoms with Gasteiger partial charge in [-0.25, -0.2) is 0 Å². The van der Waals surface area contributed by atoms with Gasteiger partial charge in [-0.15, -0.1) is 0 Å². The highest BCUT2D eigenvalue weighted by Gasteiger charge is 2.31. The Morgan fingerprint density at radius 2 is 1.86 bits per heavy atom. The number of piperidine rings is 1. The van der Waals surface area contributed by atoms with Crippen molar-refractivity contribution < 1.29 is 9.90 Å². The molecule has 2 unspecified atom stereocenters. The normalized spacial score (nSPS) is 26.2. The third kappa shape index (κ3) is 4.43. The van der Waals surface area contributed by atoms with Gasteiger partial charge in [0.2, 0.25) is 5.91 Å². The van der Waals surface area contributed by atoms with E-state index >= 15 is 0 Å². The predicted molar refractivity (Wildman–Crippen MR) is 85.1 cm³/mol. The number of nitrogens with zero attached hydrogens (tertiary/aromatic N) is 2. The lowest BCUT2D eigenvalue weighted by Crippen LogP contribution is -2.50. The predicted octanol–water partition coefficient (Wildman–Crippen LogP) is 2.26. The third-order valence-corrected chi connectivity index (χ3v) is 5.15. The van der Waals surface area contributed by atoms with Crippen molar-refractivity contribution in [2.24, 2.45) is 5.92 Å². The van der Waals surface area contributed by atoms with E-state index in [-0.39, 0.29) is 18.1 Å². The van der Waals surface area contributed by atoms with E-state index in [9.17, 15) is 9.90 Å². The summed E-state index contributed by atoms with van der Waals surface area (Å²) >= 11 is 0. The van der Waals surface area contributed by atoms with Gasteiger partial charge in [-0.2, -0.15) is 0 Å². The molecule has 4 heteroatoms. The Morgan fingerprint density at radius 1 is 1.19 bits per heavy atom. The second-order valence-electron chi connectivity index (χ2n) is 7.21. The number of aliphatic hydroxyl groups is 1. The van der Waals surface area contributed by atoms with E-state index < -0.39 is 0 Å². The van der Waals surface area contributed by atoms with E-state index in [1.807, 2.05) is 6.92 Å². The molecule has 0 radical (unpaired) electrons. The van der Waals surface area contributed by atoms with Gasteiger partial charge in [0.25, 0.3) is 0 Å². The van der Waals surface area contributed by atoms with Gasteiger partial charge in [0.05, 0.1) is 12.6 Å². The first kappa shape index (κ1) is 16.8. The molecule has 0 aromatic rings. The minimum Gasteiger partial charge on any atom is -0.393 e. The molecule has 1 saturated heterocycles. The lowest BCUT2D eigenvalue weighted by atomic mass is 9.93. The van der Waals surface area contributed by atoms with Gasteiger partial charge < -0.3 is 10.0 Å². The minimum atomic E-state index is -0.265. The number of hydrogen-bond acceptors (Lipinski definition) is 3. The van der Waals surface area contributed by atoms with Crippen LogP contribution in [0.2, 0.25) is 0 Å². The summed E-state index contributed by atoms with van der Waals surface area (Å²) in [5.41, 5.74) is 0. The molecule has 0 bridgehead atoms. The van der Waals surface area contributed by atoms with E-state index in [0.717, 1.165) is 25.9 Å². The lowest BCUT2D eigenvalue weighted by Gasteiger charge is -2.38. The van der Waals surface area contributed by atoms with Crippen LogP contribution in [-0.2, 0) is 4.79 Å². The Balaban J connectivity index is 1.91. The smallest absolute Gasteiger partial charge is 0.237 e. The average Bonchev–Trinajstić information content (AvgIpc) is 2.92. The van der Waals surface area contributed by atoms with Crippen molar-refractivity contribution in [3.05, 3.63) is 0 Å². The molecule has 122 valence electrons. The number of aliphatic hydroxyl groups excluding tert-OH is 1. The molecule has 1 aliphatic carbocycles. The van der Waals surface area contributed by atoms with Gasteiger partial charge in [0, 0.05) is 18.6 Å². The highest BCUT2D eigenvalue weighted by Crippen LogP contribution is 2.26. The van der Waals surface area contributed by atoms with E-state index in [1.165, 1.54) is 25.7 Å². The number of carbonyl (C=O) groups excluding carboxylic acids is 1. The van der Waals surface area contributed by atoms with Crippen molar-refractivity contribution >= 4 is 5.91 Å². The van der Waals surface area contributed by atoms with Crippen molar-refractivity contribution in [3.8, 4) is 0 Å². The summed E-state index contributed by atoms with van der Waals surface area (Å²) in [7, 11) is 0. The van der Waals surface area contributed by atoms with Crippen molar-refractivity contribution in [2.45, 2.75) is 77.5 Å². The van der Waals surface area contributed by atoms with Crippen molar-refractivity contribution in [1.29, 1.82) is 0 Å². The Morgan fingerprint density at radius 3 is 2.43 bits per heavy atom. The van der Waals surface area contributed by atoms with Crippen LogP contribution in [0.5, 0.6) is 0 Å². The quantitative estimate of drug-likeness (QED) is 0.846. The molecule has 21 heavy (non-hydrogen) atoms. The van der Waals surface area contributed by atoms with E-state index in [1.54, 1.807) is 0 Å². The van der Waals surface area contributed by atoms with Gasteiger partial charge in [-0.3, -0.25) is 9.69 Å². The maximum atomic E-state index is 12.7. The fourth-order valence-electron chi connectivity index (χ4n) is 4.00. The zero-order valence-corrected chi connectivity index (χ0v) is 13.9. The average molecular weight is 296 g/mol. The Labute approximate surface area is 129 Å².